The van der Waals surface area contributed by atoms with Gasteiger partial charge in [-0.05, 0) is 37.6 Å². The van der Waals surface area contributed by atoms with E-state index in [9.17, 15) is 0 Å². The smallest absolute Gasteiger partial charge is 0.0474 e. The molecule has 0 unspecified atom stereocenters. The third kappa shape index (κ3) is 2.76. The molecule has 2 heteroatoms. The van der Waals surface area contributed by atoms with Crippen LogP contribution in [0.4, 0.5) is 0 Å². The SMILES string of the molecule is CC(C)C[C@H]1NCCC[C@@H]1CO. The van der Waals surface area contributed by atoms with Gasteiger partial charge in [0.25, 0.3) is 0 Å². The molecule has 0 saturated carbocycles. The monoisotopic (exact) mass is 171 g/mol. The summed E-state index contributed by atoms with van der Waals surface area (Å²) in [5.74, 6) is 1.23. The summed E-state index contributed by atoms with van der Waals surface area (Å²) in [6.07, 6.45) is 3.62. The Morgan fingerprint density at radius 3 is 2.83 bits per heavy atom. The second kappa shape index (κ2) is 4.83. The predicted molar refractivity (Wildman–Crippen MR) is 51.1 cm³/mol. The standard InChI is InChI=1S/C10H21NO/c1-8(2)6-10-9(7-12)4-3-5-11-10/h8-12H,3-7H2,1-2H3/t9-,10-/m1/s1. The Labute approximate surface area is 75.4 Å². The van der Waals surface area contributed by atoms with Gasteiger partial charge in [0.05, 0.1) is 0 Å². The van der Waals surface area contributed by atoms with Crippen LogP contribution in [0.25, 0.3) is 0 Å². The van der Waals surface area contributed by atoms with Crippen LogP contribution in [0, 0.1) is 11.8 Å². The lowest BCUT2D eigenvalue weighted by Crippen LogP contribution is -2.43. The highest BCUT2D eigenvalue weighted by molar-refractivity contribution is 4.81. The van der Waals surface area contributed by atoms with E-state index in [4.69, 9.17) is 5.11 Å². The maximum atomic E-state index is 9.13. The second-order valence-electron chi connectivity index (χ2n) is 4.28. The molecule has 1 fully saturated rings. The van der Waals surface area contributed by atoms with Gasteiger partial charge >= 0.3 is 0 Å². The molecule has 0 aliphatic carbocycles. The van der Waals surface area contributed by atoms with Crippen molar-refractivity contribution in [2.45, 2.75) is 39.2 Å². The molecule has 0 bridgehead atoms. The molecule has 0 aromatic rings. The fourth-order valence-electron chi connectivity index (χ4n) is 2.02. The summed E-state index contributed by atoms with van der Waals surface area (Å²) >= 11 is 0. The van der Waals surface area contributed by atoms with E-state index in [1.807, 2.05) is 0 Å². The van der Waals surface area contributed by atoms with E-state index >= 15 is 0 Å². The number of aliphatic hydroxyl groups is 1. The van der Waals surface area contributed by atoms with Crippen LogP contribution in [0.2, 0.25) is 0 Å². The number of hydrogen-bond acceptors (Lipinski definition) is 2. The van der Waals surface area contributed by atoms with Gasteiger partial charge in [-0.1, -0.05) is 13.8 Å². The highest BCUT2D eigenvalue weighted by atomic mass is 16.3. The number of rotatable bonds is 3. The van der Waals surface area contributed by atoms with Gasteiger partial charge in [-0.2, -0.15) is 0 Å². The molecule has 0 radical (unpaired) electrons. The molecular weight excluding hydrogens is 150 g/mol. The van der Waals surface area contributed by atoms with Crippen LogP contribution in [0.5, 0.6) is 0 Å². The van der Waals surface area contributed by atoms with E-state index in [0.29, 0.717) is 18.6 Å². The Hall–Kier alpha value is -0.0800. The number of nitrogens with one attached hydrogen (secondary N) is 1. The van der Waals surface area contributed by atoms with Gasteiger partial charge in [0.15, 0.2) is 0 Å². The van der Waals surface area contributed by atoms with Crippen molar-refractivity contribution < 1.29 is 5.11 Å². The van der Waals surface area contributed by atoms with Gasteiger partial charge in [-0.25, -0.2) is 0 Å². The van der Waals surface area contributed by atoms with Crippen LogP contribution in [-0.2, 0) is 0 Å². The largest absolute Gasteiger partial charge is 0.396 e. The first kappa shape index (κ1) is 10.0. The maximum absolute atomic E-state index is 9.13. The van der Waals surface area contributed by atoms with Crippen LogP contribution in [0.3, 0.4) is 0 Å². The van der Waals surface area contributed by atoms with Crippen molar-refractivity contribution >= 4 is 0 Å². The average Bonchev–Trinajstić information content (AvgIpc) is 2.04. The minimum absolute atomic E-state index is 0.352. The molecule has 0 aromatic carbocycles. The Morgan fingerprint density at radius 2 is 2.25 bits per heavy atom. The Bertz CT molecular complexity index is 125. The van der Waals surface area contributed by atoms with Crippen molar-refractivity contribution in [3.05, 3.63) is 0 Å². The molecule has 1 aliphatic rings. The lowest BCUT2D eigenvalue weighted by Gasteiger charge is -2.32. The van der Waals surface area contributed by atoms with Gasteiger partial charge in [0.1, 0.15) is 0 Å². The van der Waals surface area contributed by atoms with Gasteiger partial charge < -0.3 is 10.4 Å². The van der Waals surface area contributed by atoms with Crippen molar-refractivity contribution in [1.82, 2.24) is 5.32 Å². The van der Waals surface area contributed by atoms with E-state index in [-0.39, 0.29) is 0 Å². The van der Waals surface area contributed by atoms with Crippen LogP contribution in [0.15, 0.2) is 0 Å². The van der Waals surface area contributed by atoms with Gasteiger partial charge in [0, 0.05) is 12.6 Å². The normalized spacial score (nSPS) is 31.0. The summed E-state index contributed by atoms with van der Waals surface area (Å²) in [5, 5.41) is 12.6. The van der Waals surface area contributed by atoms with E-state index in [0.717, 1.165) is 12.5 Å². The molecule has 1 aliphatic heterocycles. The topological polar surface area (TPSA) is 32.3 Å². The van der Waals surface area contributed by atoms with Crippen molar-refractivity contribution in [3.63, 3.8) is 0 Å². The maximum Gasteiger partial charge on any atom is 0.0474 e. The zero-order valence-electron chi connectivity index (χ0n) is 8.21. The Balaban J connectivity index is 2.36. The molecule has 1 rings (SSSR count). The number of piperidine rings is 1. The van der Waals surface area contributed by atoms with Gasteiger partial charge in [0.2, 0.25) is 0 Å². The first-order valence-electron chi connectivity index (χ1n) is 5.08. The van der Waals surface area contributed by atoms with Crippen molar-refractivity contribution in [2.75, 3.05) is 13.2 Å². The van der Waals surface area contributed by atoms with E-state index < -0.39 is 0 Å². The summed E-state index contributed by atoms with van der Waals surface area (Å²) in [5.41, 5.74) is 0. The first-order chi connectivity index (χ1) is 5.74. The number of aliphatic hydroxyl groups excluding tert-OH is 1. The van der Waals surface area contributed by atoms with E-state index in [1.54, 1.807) is 0 Å². The quantitative estimate of drug-likeness (QED) is 0.672. The third-order valence-corrected chi connectivity index (χ3v) is 2.69. The molecule has 12 heavy (non-hydrogen) atoms. The molecule has 2 N–H and O–H groups in total. The molecule has 0 aromatic heterocycles. The number of hydrogen-bond donors (Lipinski definition) is 2. The zero-order valence-corrected chi connectivity index (χ0v) is 8.21. The van der Waals surface area contributed by atoms with Crippen LogP contribution < -0.4 is 5.32 Å². The first-order valence-corrected chi connectivity index (χ1v) is 5.08. The summed E-state index contributed by atoms with van der Waals surface area (Å²) in [7, 11) is 0. The third-order valence-electron chi connectivity index (χ3n) is 2.69. The van der Waals surface area contributed by atoms with Crippen LogP contribution >= 0.6 is 0 Å². The summed E-state index contributed by atoms with van der Waals surface area (Å²) in [6.45, 7) is 5.97. The molecule has 0 amide bonds. The minimum Gasteiger partial charge on any atom is -0.396 e. The van der Waals surface area contributed by atoms with Gasteiger partial charge in [-0.15, -0.1) is 0 Å². The summed E-state index contributed by atoms with van der Waals surface area (Å²) in [6, 6.07) is 0.559. The van der Waals surface area contributed by atoms with Gasteiger partial charge in [-0.3, -0.25) is 0 Å². The minimum atomic E-state index is 0.352. The zero-order chi connectivity index (χ0) is 8.97. The molecular formula is C10H21NO. The molecule has 1 saturated heterocycles. The average molecular weight is 171 g/mol. The van der Waals surface area contributed by atoms with Crippen LogP contribution in [-0.4, -0.2) is 24.3 Å². The van der Waals surface area contributed by atoms with Crippen molar-refractivity contribution in [2.24, 2.45) is 11.8 Å². The highest BCUT2D eigenvalue weighted by Crippen LogP contribution is 2.20. The Kier molecular flexibility index (Phi) is 4.02. The molecule has 0 spiro atoms. The molecule has 2 atom stereocenters. The fourth-order valence-corrected chi connectivity index (χ4v) is 2.02. The van der Waals surface area contributed by atoms with E-state index in [1.165, 1.54) is 19.3 Å². The Morgan fingerprint density at radius 1 is 1.50 bits per heavy atom. The molecule has 2 nitrogen and oxygen atoms in total. The molecule has 1 heterocycles. The lowest BCUT2D eigenvalue weighted by atomic mass is 9.86. The lowest BCUT2D eigenvalue weighted by molar-refractivity contribution is 0.148. The highest BCUT2D eigenvalue weighted by Gasteiger charge is 2.24. The summed E-state index contributed by atoms with van der Waals surface area (Å²) in [4.78, 5) is 0. The molecule has 72 valence electrons. The predicted octanol–water partition coefficient (Wildman–Crippen LogP) is 1.39. The van der Waals surface area contributed by atoms with Crippen molar-refractivity contribution in [3.8, 4) is 0 Å². The fraction of sp³-hybridized carbons (Fsp3) is 1.00. The second-order valence-corrected chi connectivity index (χ2v) is 4.28. The summed E-state index contributed by atoms with van der Waals surface area (Å²) < 4.78 is 0. The van der Waals surface area contributed by atoms with Crippen LogP contribution in [0.1, 0.15) is 33.1 Å². The van der Waals surface area contributed by atoms with E-state index in [2.05, 4.69) is 19.2 Å². The van der Waals surface area contributed by atoms with Crippen molar-refractivity contribution in [1.29, 1.82) is 0 Å².